The molecule has 3 aromatic heterocycles. The number of aliphatic hydroxyl groups excluding tert-OH is 1. The third-order valence-electron chi connectivity index (χ3n) is 7.43. The molecule has 1 aromatic carbocycles. The molecule has 9 nitrogen and oxygen atoms in total. The minimum absolute atomic E-state index is 0.105. The molecule has 0 bridgehead atoms. The molecule has 1 saturated heterocycles. The smallest absolute Gasteiger partial charge is 0.182 e. The molecule has 1 unspecified atom stereocenters. The van der Waals surface area contributed by atoms with Gasteiger partial charge in [0.1, 0.15) is 27.9 Å². The Morgan fingerprint density at radius 1 is 1.20 bits per heavy atom. The van der Waals surface area contributed by atoms with Crippen LogP contribution >= 0.6 is 11.6 Å². The zero-order valence-electron chi connectivity index (χ0n) is 18.8. The Balaban J connectivity index is 1.30. The van der Waals surface area contributed by atoms with Crippen LogP contribution in [0.5, 0.6) is 0 Å². The number of benzene rings is 1. The number of anilines is 2. The summed E-state index contributed by atoms with van der Waals surface area (Å²) in [7, 11) is 0. The molecular weight excluding hydrogens is 471 g/mol. The molecule has 1 atom stereocenters. The summed E-state index contributed by atoms with van der Waals surface area (Å²) in [6.07, 6.45) is 5.60. The second-order valence-corrected chi connectivity index (χ2v) is 9.67. The molecule has 4 aromatic rings. The Bertz CT molecular complexity index is 1450. The van der Waals surface area contributed by atoms with E-state index in [1.165, 1.54) is 6.07 Å². The predicted octanol–water partition coefficient (Wildman–Crippen LogP) is 2.92. The van der Waals surface area contributed by atoms with Crippen LogP contribution in [0, 0.1) is 11.2 Å². The number of pyridine rings is 1. The summed E-state index contributed by atoms with van der Waals surface area (Å²) in [5, 5.41) is 14.8. The maximum atomic E-state index is 13.8. The quantitative estimate of drug-likeness (QED) is 0.396. The monoisotopic (exact) mass is 494 g/mol. The second-order valence-electron chi connectivity index (χ2n) is 9.29. The molecule has 2 aliphatic rings. The van der Waals surface area contributed by atoms with Gasteiger partial charge in [0.25, 0.3) is 0 Å². The molecule has 35 heavy (non-hydrogen) atoms. The lowest BCUT2D eigenvalue weighted by molar-refractivity contribution is 0.187. The van der Waals surface area contributed by atoms with Gasteiger partial charge < -0.3 is 21.5 Å². The number of nitrogen functional groups attached to an aromatic ring is 1. The average Bonchev–Trinajstić information content (AvgIpc) is 3.38. The van der Waals surface area contributed by atoms with Crippen molar-refractivity contribution in [2.24, 2.45) is 11.1 Å². The number of aromatic nitrogens is 5. The van der Waals surface area contributed by atoms with E-state index in [1.54, 1.807) is 29.2 Å². The van der Waals surface area contributed by atoms with E-state index in [4.69, 9.17) is 28.1 Å². The first kappa shape index (κ1) is 22.1. The fourth-order valence-corrected chi connectivity index (χ4v) is 5.72. The maximum Gasteiger partial charge on any atom is 0.182 e. The summed E-state index contributed by atoms with van der Waals surface area (Å²) in [5.74, 6) is 0.597. The highest BCUT2D eigenvalue weighted by atomic mass is 35.5. The predicted molar refractivity (Wildman–Crippen MR) is 131 cm³/mol. The van der Waals surface area contributed by atoms with E-state index in [9.17, 15) is 9.50 Å². The SMILES string of the molecule is Nc1nccc(-n2ncc3nc(N4CCC5(CC4)Cc4cc(F)ccc4C5N)c(CO)nc32)c1Cl. The van der Waals surface area contributed by atoms with Crippen molar-refractivity contribution in [2.45, 2.75) is 31.9 Å². The summed E-state index contributed by atoms with van der Waals surface area (Å²) in [6.45, 7) is 1.14. The first-order valence-corrected chi connectivity index (χ1v) is 11.8. The lowest BCUT2D eigenvalue weighted by Gasteiger charge is -2.42. The van der Waals surface area contributed by atoms with Gasteiger partial charge in [0.05, 0.1) is 18.5 Å². The zero-order chi connectivity index (χ0) is 24.3. The fraction of sp³-hybridized carbons (Fsp3) is 0.333. The number of halogens is 2. The van der Waals surface area contributed by atoms with E-state index < -0.39 is 0 Å². The molecule has 4 heterocycles. The van der Waals surface area contributed by atoms with Crippen molar-refractivity contribution in [3.8, 4) is 5.69 Å². The van der Waals surface area contributed by atoms with Crippen molar-refractivity contribution in [1.82, 2.24) is 24.7 Å². The van der Waals surface area contributed by atoms with Crippen LogP contribution in [0.3, 0.4) is 0 Å². The summed E-state index contributed by atoms with van der Waals surface area (Å²) in [4.78, 5) is 15.6. The topological polar surface area (TPSA) is 132 Å². The van der Waals surface area contributed by atoms with Crippen LogP contribution in [0.25, 0.3) is 16.9 Å². The molecule has 1 aliphatic carbocycles. The highest BCUT2D eigenvalue weighted by Crippen LogP contribution is 2.51. The van der Waals surface area contributed by atoms with Gasteiger partial charge in [-0.3, -0.25) is 0 Å². The van der Waals surface area contributed by atoms with Crippen molar-refractivity contribution in [3.05, 3.63) is 64.3 Å². The van der Waals surface area contributed by atoms with E-state index in [-0.39, 0.29) is 34.7 Å². The van der Waals surface area contributed by atoms with Crippen molar-refractivity contribution in [3.63, 3.8) is 0 Å². The van der Waals surface area contributed by atoms with E-state index in [0.29, 0.717) is 41.5 Å². The van der Waals surface area contributed by atoms with Crippen molar-refractivity contribution in [2.75, 3.05) is 23.7 Å². The number of nitrogens with zero attached hydrogens (tertiary/aromatic N) is 6. The molecule has 0 saturated carbocycles. The molecule has 0 radical (unpaired) electrons. The van der Waals surface area contributed by atoms with Gasteiger partial charge in [0.15, 0.2) is 11.5 Å². The van der Waals surface area contributed by atoms with Crippen LogP contribution < -0.4 is 16.4 Å². The largest absolute Gasteiger partial charge is 0.390 e. The Kier molecular flexibility index (Phi) is 5.13. The number of hydrogen-bond acceptors (Lipinski definition) is 8. The van der Waals surface area contributed by atoms with Crippen LogP contribution in [-0.4, -0.2) is 42.9 Å². The molecule has 6 rings (SSSR count). The van der Waals surface area contributed by atoms with Crippen LogP contribution in [0.4, 0.5) is 16.0 Å². The minimum Gasteiger partial charge on any atom is -0.390 e. The molecule has 180 valence electrons. The summed E-state index contributed by atoms with van der Waals surface area (Å²) < 4.78 is 15.3. The lowest BCUT2D eigenvalue weighted by atomic mass is 9.73. The highest BCUT2D eigenvalue weighted by molar-refractivity contribution is 6.34. The zero-order valence-corrected chi connectivity index (χ0v) is 19.6. The number of nitrogens with two attached hydrogens (primary N) is 2. The van der Waals surface area contributed by atoms with Crippen LogP contribution in [-0.2, 0) is 13.0 Å². The number of rotatable bonds is 3. The molecule has 0 amide bonds. The Labute approximate surface area is 205 Å². The second kappa shape index (κ2) is 8.11. The van der Waals surface area contributed by atoms with E-state index in [0.717, 1.165) is 30.4 Å². The Morgan fingerprint density at radius 3 is 2.77 bits per heavy atom. The van der Waals surface area contributed by atoms with Crippen molar-refractivity contribution >= 4 is 34.4 Å². The van der Waals surface area contributed by atoms with E-state index in [1.807, 2.05) is 6.07 Å². The van der Waals surface area contributed by atoms with Crippen LogP contribution in [0.2, 0.25) is 5.02 Å². The van der Waals surface area contributed by atoms with Gasteiger partial charge in [-0.25, -0.2) is 24.0 Å². The van der Waals surface area contributed by atoms with E-state index >= 15 is 0 Å². The number of piperidine rings is 1. The molecule has 5 N–H and O–H groups in total. The number of fused-ring (bicyclic) bond motifs is 2. The van der Waals surface area contributed by atoms with E-state index in [2.05, 4.69) is 20.0 Å². The fourth-order valence-electron chi connectivity index (χ4n) is 5.52. The minimum atomic E-state index is -0.276. The number of aliphatic hydroxyl groups is 1. The lowest BCUT2D eigenvalue weighted by Crippen LogP contribution is -2.45. The summed E-state index contributed by atoms with van der Waals surface area (Å²) in [5.41, 5.74) is 16.5. The van der Waals surface area contributed by atoms with Crippen molar-refractivity contribution in [1.29, 1.82) is 0 Å². The third kappa shape index (κ3) is 3.43. The summed E-state index contributed by atoms with van der Waals surface area (Å²) in [6, 6.07) is 6.48. The normalized spacial score (nSPS) is 19.0. The van der Waals surface area contributed by atoms with Crippen LogP contribution in [0.1, 0.15) is 35.7 Å². The Morgan fingerprint density at radius 2 is 2.00 bits per heavy atom. The standard InChI is InChI=1S/C24H24ClFN8O/c25-19-18(3-6-29-21(19)28)34-23-16(11-30-34)31-22(17(12-35)32-23)33-7-4-24(5-8-33)10-13-9-14(26)1-2-15(13)20(24)27/h1-3,6,9,11,20,35H,4-5,7-8,10,12,27H2,(H2,28,29). The van der Waals surface area contributed by atoms with Gasteiger partial charge in [0.2, 0.25) is 0 Å². The van der Waals surface area contributed by atoms with Gasteiger partial charge >= 0.3 is 0 Å². The molecule has 11 heteroatoms. The first-order valence-electron chi connectivity index (χ1n) is 11.4. The van der Waals surface area contributed by atoms with Gasteiger partial charge in [-0.1, -0.05) is 17.7 Å². The summed E-state index contributed by atoms with van der Waals surface area (Å²) >= 11 is 6.34. The molecule has 1 spiro atoms. The van der Waals surface area contributed by atoms with Crippen molar-refractivity contribution < 1.29 is 9.50 Å². The molecular formula is C24H24ClFN8O. The highest BCUT2D eigenvalue weighted by Gasteiger charge is 2.46. The Hall–Kier alpha value is -3.34. The molecule has 1 aliphatic heterocycles. The van der Waals surface area contributed by atoms with Gasteiger partial charge in [-0.15, -0.1) is 0 Å². The number of hydrogen-bond donors (Lipinski definition) is 3. The maximum absolute atomic E-state index is 13.8. The molecule has 1 fully saturated rings. The van der Waals surface area contributed by atoms with Gasteiger partial charge in [-0.2, -0.15) is 5.10 Å². The van der Waals surface area contributed by atoms with Gasteiger partial charge in [0, 0.05) is 25.3 Å². The average molecular weight is 495 g/mol. The van der Waals surface area contributed by atoms with Crippen LogP contribution in [0.15, 0.2) is 36.7 Å². The van der Waals surface area contributed by atoms with Gasteiger partial charge in [-0.05, 0) is 54.0 Å². The third-order valence-corrected chi connectivity index (χ3v) is 7.81. The first-order chi connectivity index (χ1) is 16.9.